The highest BCUT2D eigenvalue weighted by atomic mass is 16.5. The van der Waals surface area contributed by atoms with Gasteiger partial charge in [0.15, 0.2) is 0 Å². The largest absolute Gasteiger partial charge is 0.488 e. The van der Waals surface area contributed by atoms with Crippen LogP contribution in [0.25, 0.3) is 17.4 Å². The van der Waals surface area contributed by atoms with Crippen molar-refractivity contribution < 1.29 is 9.15 Å². The monoisotopic (exact) mass is 290 g/mol. The van der Waals surface area contributed by atoms with Gasteiger partial charge in [0.1, 0.15) is 23.9 Å². The van der Waals surface area contributed by atoms with Crippen LogP contribution in [-0.2, 0) is 6.61 Å². The molecule has 0 spiro atoms. The molecule has 0 amide bonds. The van der Waals surface area contributed by atoms with E-state index >= 15 is 0 Å². The molecule has 0 aliphatic carbocycles. The van der Waals surface area contributed by atoms with Gasteiger partial charge in [-0.25, -0.2) is 0 Å². The molecule has 0 radical (unpaired) electrons. The van der Waals surface area contributed by atoms with E-state index in [9.17, 15) is 0 Å². The quantitative estimate of drug-likeness (QED) is 0.621. The summed E-state index contributed by atoms with van der Waals surface area (Å²) in [6.45, 7) is 6.32. The smallest absolute Gasteiger partial charge is 0.134 e. The van der Waals surface area contributed by atoms with Crippen LogP contribution in [0.5, 0.6) is 5.75 Å². The Bertz CT molecular complexity index is 769. The fourth-order valence-electron chi connectivity index (χ4n) is 2.31. The minimum absolute atomic E-state index is 0.530. The first-order valence-electron chi connectivity index (χ1n) is 7.26. The Morgan fingerprint density at radius 3 is 2.55 bits per heavy atom. The Kier molecular flexibility index (Phi) is 4.10. The molecule has 2 nitrogen and oxygen atoms in total. The van der Waals surface area contributed by atoms with Gasteiger partial charge in [-0.3, -0.25) is 0 Å². The van der Waals surface area contributed by atoms with Gasteiger partial charge < -0.3 is 9.15 Å². The molecule has 0 saturated heterocycles. The molecule has 3 aromatic rings. The van der Waals surface area contributed by atoms with Crippen molar-refractivity contribution >= 4 is 6.08 Å². The van der Waals surface area contributed by atoms with Crippen molar-refractivity contribution in [1.82, 2.24) is 0 Å². The lowest BCUT2D eigenvalue weighted by atomic mass is 10.1. The van der Waals surface area contributed by atoms with E-state index in [0.717, 1.165) is 34.0 Å². The molecule has 22 heavy (non-hydrogen) atoms. The van der Waals surface area contributed by atoms with Crippen LogP contribution in [0, 0.1) is 6.92 Å². The Hall–Kier alpha value is -2.74. The third kappa shape index (κ3) is 3.12. The van der Waals surface area contributed by atoms with Crippen molar-refractivity contribution in [3.05, 3.63) is 84.1 Å². The number of hydrogen-bond acceptors (Lipinski definition) is 2. The highest BCUT2D eigenvalue weighted by molar-refractivity contribution is 5.66. The summed E-state index contributed by atoms with van der Waals surface area (Å²) in [5.74, 6) is 2.55. The molecule has 0 N–H and O–H groups in total. The van der Waals surface area contributed by atoms with E-state index < -0.39 is 0 Å². The minimum Gasteiger partial charge on any atom is -0.488 e. The molecule has 0 atom stereocenters. The lowest BCUT2D eigenvalue weighted by molar-refractivity contribution is 0.305. The summed E-state index contributed by atoms with van der Waals surface area (Å²) in [6.07, 6.45) is 1.80. The average Bonchev–Trinajstić information content (AvgIpc) is 3.00. The summed E-state index contributed by atoms with van der Waals surface area (Å²) in [5, 5.41) is 0. The fourth-order valence-corrected chi connectivity index (χ4v) is 2.31. The second kappa shape index (κ2) is 6.35. The molecular formula is C20H18O2. The van der Waals surface area contributed by atoms with Crippen molar-refractivity contribution in [2.75, 3.05) is 0 Å². The molecule has 2 heteroatoms. The summed E-state index contributed by atoms with van der Waals surface area (Å²) < 4.78 is 11.6. The molecular weight excluding hydrogens is 272 g/mol. The van der Waals surface area contributed by atoms with Gasteiger partial charge in [-0.15, -0.1) is 0 Å². The molecule has 0 fully saturated rings. The van der Waals surface area contributed by atoms with E-state index in [4.69, 9.17) is 9.15 Å². The Labute approximate surface area is 130 Å². The Morgan fingerprint density at radius 1 is 1.05 bits per heavy atom. The molecule has 110 valence electrons. The van der Waals surface area contributed by atoms with Crippen LogP contribution in [0.3, 0.4) is 0 Å². The van der Waals surface area contributed by atoms with Gasteiger partial charge in [0.2, 0.25) is 0 Å². The summed E-state index contributed by atoms with van der Waals surface area (Å²) in [6, 6.07) is 20.1. The average molecular weight is 290 g/mol. The van der Waals surface area contributed by atoms with E-state index in [1.54, 1.807) is 6.08 Å². The van der Waals surface area contributed by atoms with Crippen molar-refractivity contribution in [3.63, 3.8) is 0 Å². The minimum atomic E-state index is 0.530. The molecule has 0 aliphatic rings. The molecule has 0 bridgehead atoms. The lowest BCUT2D eigenvalue weighted by Crippen LogP contribution is -1.97. The van der Waals surface area contributed by atoms with Crippen molar-refractivity contribution in [2.45, 2.75) is 13.5 Å². The number of benzene rings is 2. The van der Waals surface area contributed by atoms with Crippen molar-refractivity contribution in [3.8, 4) is 17.1 Å². The predicted octanol–water partition coefficient (Wildman–Crippen LogP) is 5.48. The maximum absolute atomic E-state index is 5.97. The first kappa shape index (κ1) is 14.2. The molecule has 0 saturated carbocycles. The topological polar surface area (TPSA) is 22.4 Å². The molecule has 1 heterocycles. The maximum Gasteiger partial charge on any atom is 0.134 e. The van der Waals surface area contributed by atoms with E-state index in [0.29, 0.717) is 6.61 Å². The third-order valence-corrected chi connectivity index (χ3v) is 3.50. The summed E-state index contributed by atoms with van der Waals surface area (Å²) >= 11 is 0. The van der Waals surface area contributed by atoms with Crippen LogP contribution in [0.15, 0.2) is 71.7 Å². The van der Waals surface area contributed by atoms with Gasteiger partial charge in [-0.2, -0.15) is 0 Å². The second-order valence-corrected chi connectivity index (χ2v) is 5.14. The lowest BCUT2D eigenvalue weighted by Gasteiger charge is -2.11. The van der Waals surface area contributed by atoms with Crippen LogP contribution >= 0.6 is 0 Å². The molecule has 0 aliphatic heterocycles. The highest BCUT2D eigenvalue weighted by Crippen LogP contribution is 2.29. The standard InChI is InChI=1S/C20H18O2/c1-3-17-10-11-18(19-12-9-15(2)22-19)13-20(17)21-14-16-7-5-4-6-8-16/h3-13H,1,14H2,2H3. The first-order valence-corrected chi connectivity index (χ1v) is 7.26. The van der Waals surface area contributed by atoms with Gasteiger partial charge in [-0.1, -0.05) is 55.1 Å². The summed E-state index contributed by atoms with van der Waals surface area (Å²) in [5.41, 5.74) is 3.11. The van der Waals surface area contributed by atoms with Gasteiger partial charge in [-0.05, 0) is 30.7 Å². The zero-order chi connectivity index (χ0) is 15.4. The number of rotatable bonds is 5. The third-order valence-electron chi connectivity index (χ3n) is 3.50. The normalized spacial score (nSPS) is 10.4. The van der Waals surface area contributed by atoms with Crippen molar-refractivity contribution in [1.29, 1.82) is 0 Å². The van der Waals surface area contributed by atoms with Gasteiger partial charge >= 0.3 is 0 Å². The van der Waals surface area contributed by atoms with Crippen LogP contribution in [0.2, 0.25) is 0 Å². The van der Waals surface area contributed by atoms with Gasteiger partial charge in [0, 0.05) is 11.1 Å². The van der Waals surface area contributed by atoms with Gasteiger partial charge in [0.25, 0.3) is 0 Å². The second-order valence-electron chi connectivity index (χ2n) is 5.14. The summed E-state index contributed by atoms with van der Waals surface area (Å²) in [7, 11) is 0. The fraction of sp³-hybridized carbons (Fsp3) is 0.100. The zero-order valence-corrected chi connectivity index (χ0v) is 12.6. The predicted molar refractivity (Wildman–Crippen MR) is 89.7 cm³/mol. The zero-order valence-electron chi connectivity index (χ0n) is 12.6. The first-order chi connectivity index (χ1) is 10.8. The van der Waals surface area contributed by atoms with Gasteiger partial charge in [0.05, 0.1) is 0 Å². The van der Waals surface area contributed by atoms with Crippen LogP contribution in [-0.4, -0.2) is 0 Å². The molecule has 2 aromatic carbocycles. The SMILES string of the molecule is C=Cc1ccc(-c2ccc(C)o2)cc1OCc1ccccc1. The van der Waals surface area contributed by atoms with Crippen molar-refractivity contribution in [2.24, 2.45) is 0 Å². The molecule has 1 aromatic heterocycles. The number of hydrogen-bond donors (Lipinski definition) is 0. The number of aryl methyl sites for hydroxylation is 1. The van der Waals surface area contributed by atoms with E-state index in [1.165, 1.54) is 0 Å². The summed E-state index contributed by atoms with van der Waals surface area (Å²) in [4.78, 5) is 0. The van der Waals surface area contributed by atoms with E-state index in [-0.39, 0.29) is 0 Å². The maximum atomic E-state index is 5.97. The Morgan fingerprint density at radius 2 is 1.86 bits per heavy atom. The number of ether oxygens (including phenoxy) is 1. The molecule has 0 unspecified atom stereocenters. The van der Waals surface area contributed by atoms with E-state index in [2.05, 4.69) is 6.58 Å². The number of furan rings is 1. The van der Waals surface area contributed by atoms with Crippen LogP contribution in [0.4, 0.5) is 0 Å². The van der Waals surface area contributed by atoms with Crippen LogP contribution < -0.4 is 4.74 Å². The molecule has 3 rings (SSSR count). The highest BCUT2D eigenvalue weighted by Gasteiger charge is 2.08. The van der Waals surface area contributed by atoms with E-state index in [1.807, 2.05) is 67.6 Å². The van der Waals surface area contributed by atoms with Crippen LogP contribution in [0.1, 0.15) is 16.9 Å². The Balaban J connectivity index is 1.86.